The number of hydrogen-bond acceptors (Lipinski definition) is 6. The zero-order valence-corrected chi connectivity index (χ0v) is 12.8. The van der Waals surface area contributed by atoms with E-state index in [0.29, 0.717) is 16.4 Å². The van der Waals surface area contributed by atoms with Crippen molar-refractivity contribution in [2.24, 2.45) is 0 Å². The molecular formula is C13H11N3O3S2. The summed E-state index contributed by atoms with van der Waals surface area (Å²) in [4.78, 5) is 19.5. The highest BCUT2D eigenvalue weighted by Gasteiger charge is 2.16. The van der Waals surface area contributed by atoms with E-state index in [-0.39, 0.29) is 0 Å². The van der Waals surface area contributed by atoms with E-state index in [2.05, 4.69) is 15.3 Å². The Labute approximate surface area is 128 Å². The van der Waals surface area contributed by atoms with E-state index in [1.165, 1.54) is 11.3 Å². The van der Waals surface area contributed by atoms with E-state index in [1.54, 1.807) is 18.4 Å². The van der Waals surface area contributed by atoms with Crippen molar-refractivity contribution < 1.29 is 14.6 Å². The van der Waals surface area contributed by atoms with Crippen LogP contribution in [-0.2, 0) is 0 Å². The third kappa shape index (κ3) is 2.55. The Hall–Kier alpha value is -2.19. The first-order valence-corrected chi connectivity index (χ1v) is 7.68. The number of amides is 1. The maximum Gasteiger partial charge on any atom is 0.410 e. The van der Waals surface area contributed by atoms with Crippen molar-refractivity contribution in [3.05, 3.63) is 22.5 Å². The van der Waals surface area contributed by atoms with Gasteiger partial charge >= 0.3 is 6.09 Å². The van der Waals surface area contributed by atoms with Gasteiger partial charge in [0, 0.05) is 10.9 Å². The second-order valence-electron chi connectivity index (χ2n) is 4.19. The molecule has 21 heavy (non-hydrogen) atoms. The molecule has 3 rings (SSSR count). The van der Waals surface area contributed by atoms with E-state index < -0.39 is 6.09 Å². The lowest BCUT2D eigenvalue weighted by Crippen LogP contribution is -2.06. The van der Waals surface area contributed by atoms with Gasteiger partial charge in [-0.05, 0) is 19.1 Å². The largest absolute Gasteiger partial charge is 0.494 e. The van der Waals surface area contributed by atoms with Crippen LogP contribution < -0.4 is 10.1 Å². The molecular weight excluding hydrogens is 310 g/mol. The number of carbonyl (C=O) groups is 1. The molecule has 3 aromatic rings. The van der Waals surface area contributed by atoms with Crippen LogP contribution in [0.1, 0.15) is 5.01 Å². The molecule has 0 fully saturated rings. The lowest BCUT2D eigenvalue weighted by molar-refractivity contribution is 0.209. The minimum absolute atomic E-state index is 0.315. The molecule has 6 nitrogen and oxygen atoms in total. The molecule has 0 spiro atoms. The van der Waals surface area contributed by atoms with Gasteiger partial charge in [-0.1, -0.05) is 11.3 Å². The summed E-state index contributed by atoms with van der Waals surface area (Å²) in [7, 11) is 1.56. The third-order valence-electron chi connectivity index (χ3n) is 2.84. The molecule has 0 unspecified atom stereocenters. The summed E-state index contributed by atoms with van der Waals surface area (Å²) in [6.45, 7) is 1.94. The van der Waals surface area contributed by atoms with Gasteiger partial charge in [0.25, 0.3) is 0 Å². The number of ether oxygens (including phenoxy) is 1. The van der Waals surface area contributed by atoms with E-state index in [4.69, 9.17) is 9.84 Å². The van der Waals surface area contributed by atoms with Crippen LogP contribution in [0.2, 0.25) is 0 Å². The number of nitrogens with zero attached hydrogens (tertiary/aromatic N) is 2. The molecule has 2 aromatic heterocycles. The predicted molar refractivity (Wildman–Crippen MR) is 83.7 cm³/mol. The van der Waals surface area contributed by atoms with Crippen LogP contribution >= 0.6 is 22.7 Å². The number of nitrogens with one attached hydrogen (secondary N) is 1. The zero-order chi connectivity index (χ0) is 15.0. The monoisotopic (exact) mass is 321 g/mol. The molecule has 2 N–H and O–H groups in total. The van der Waals surface area contributed by atoms with Crippen LogP contribution in [0.3, 0.4) is 0 Å². The normalized spacial score (nSPS) is 10.8. The van der Waals surface area contributed by atoms with Crippen LogP contribution in [0.25, 0.3) is 21.5 Å². The first-order valence-electron chi connectivity index (χ1n) is 5.98. The molecule has 0 aliphatic heterocycles. The number of rotatable bonds is 3. The minimum atomic E-state index is -1.14. The molecule has 0 radical (unpaired) electrons. The Kier molecular flexibility index (Phi) is 3.48. The average Bonchev–Trinajstić information content (AvgIpc) is 3.02. The Morgan fingerprint density at radius 1 is 1.38 bits per heavy atom. The van der Waals surface area contributed by atoms with Gasteiger partial charge in [0.2, 0.25) is 0 Å². The second-order valence-corrected chi connectivity index (χ2v) is 6.26. The fourth-order valence-electron chi connectivity index (χ4n) is 1.98. The SMILES string of the molecule is COc1ccc(-c2csc(C)n2)c2sc(NC(=O)O)nc12. The molecule has 1 amide bonds. The fourth-order valence-corrected chi connectivity index (χ4v) is 3.59. The molecule has 2 heterocycles. The molecule has 0 saturated heterocycles. The molecule has 0 aliphatic carbocycles. The standard InChI is InChI=1S/C13H11N3O3S2/c1-6-14-8(5-20-6)7-3-4-9(19-2)10-11(7)21-12(15-10)16-13(17)18/h3-5H,1-2H3,(H,15,16)(H,17,18). The highest BCUT2D eigenvalue weighted by molar-refractivity contribution is 7.23. The van der Waals surface area contributed by atoms with E-state index in [1.807, 2.05) is 24.4 Å². The Bertz CT molecular complexity index is 825. The fraction of sp³-hybridized carbons (Fsp3) is 0.154. The summed E-state index contributed by atoms with van der Waals surface area (Å²) in [5.41, 5.74) is 2.41. The number of aryl methyl sites for hydroxylation is 1. The van der Waals surface area contributed by atoms with Crippen LogP contribution in [0.4, 0.5) is 9.93 Å². The molecule has 1 aromatic carbocycles. The number of thiazole rings is 2. The molecule has 0 bridgehead atoms. The molecule has 8 heteroatoms. The number of anilines is 1. The Balaban J connectivity index is 2.21. The van der Waals surface area contributed by atoms with Gasteiger partial charge in [-0.15, -0.1) is 11.3 Å². The van der Waals surface area contributed by atoms with Crippen molar-refractivity contribution in [1.29, 1.82) is 0 Å². The number of fused-ring (bicyclic) bond motifs is 1. The molecule has 108 valence electrons. The third-order valence-corrected chi connectivity index (χ3v) is 4.61. The second kappa shape index (κ2) is 5.30. The molecule has 0 aliphatic rings. The van der Waals surface area contributed by atoms with Crippen LogP contribution in [-0.4, -0.2) is 28.3 Å². The van der Waals surface area contributed by atoms with Crippen molar-refractivity contribution >= 4 is 44.1 Å². The van der Waals surface area contributed by atoms with Gasteiger partial charge < -0.3 is 9.84 Å². The van der Waals surface area contributed by atoms with Crippen molar-refractivity contribution in [3.8, 4) is 17.0 Å². The van der Waals surface area contributed by atoms with Gasteiger partial charge in [-0.25, -0.2) is 14.8 Å². The summed E-state index contributed by atoms with van der Waals surface area (Å²) in [5.74, 6) is 0.607. The van der Waals surface area contributed by atoms with Crippen molar-refractivity contribution in [2.45, 2.75) is 6.92 Å². The Morgan fingerprint density at radius 2 is 2.19 bits per heavy atom. The highest BCUT2D eigenvalue weighted by Crippen LogP contribution is 2.39. The van der Waals surface area contributed by atoms with Gasteiger partial charge in [-0.3, -0.25) is 5.32 Å². The number of benzene rings is 1. The number of methoxy groups -OCH3 is 1. The van der Waals surface area contributed by atoms with Crippen molar-refractivity contribution in [3.63, 3.8) is 0 Å². The summed E-state index contributed by atoms with van der Waals surface area (Å²) in [5, 5.41) is 14.4. The predicted octanol–water partition coefficient (Wildman–Crippen LogP) is 3.83. The van der Waals surface area contributed by atoms with E-state index >= 15 is 0 Å². The van der Waals surface area contributed by atoms with Crippen LogP contribution in [0.15, 0.2) is 17.5 Å². The van der Waals surface area contributed by atoms with Crippen molar-refractivity contribution in [1.82, 2.24) is 9.97 Å². The number of aromatic nitrogens is 2. The number of hydrogen-bond donors (Lipinski definition) is 2. The van der Waals surface area contributed by atoms with Gasteiger partial charge in [0.1, 0.15) is 11.3 Å². The van der Waals surface area contributed by atoms with Crippen molar-refractivity contribution in [2.75, 3.05) is 12.4 Å². The molecule has 0 atom stereocenters. The number of carboxylic acid groups (broad SMARTS) is 1. The van der Waals surface area contributed by atoms with Gasteiger partial charge in [-0.2, -0.15) is 0 Å². The smallest absolute Gasteiger partial charge is 0.410 e. The summed E-state index contributed by atoms with van der Waals surface area (Å²) < 4.78 is 6.14. The van der Waals surface area contributed by atoms with Crippen LogP contribution in [0, 0.1) is 6.92 Å². The topological polar surface area (TPSA) is 84.3 Å². The van der Waals surface area contributed by atoms with Gasteiger partial charge in [0.05, 0.1) is 22.5 Å². The lowest BCUT2D eigenvalue weighted by Gasteiger charge is -2.03. The zero-order valence-electron chi connectivity index (χ0n) is 11.2. The lowest BCUT2D eigenvalue weighted by atomic mass is 10.1. The van der Waals surface area contributed by atoms with E-state index in [0.717, 1.165) is 21.0 Å². The maximum atomic E-state index is 10.8. The summed E-state index contributed by atoms with van der Waals surface area (Å²) in [6.07, 6.45) is -1.14. The first-order chi connectivity index (χ1) is 10.1. The van der Waals surface area contributed by atoms with Crippen LogP contribution in [0.5, 0.6) is 5.75 Å². The summed E-state index contributed by atoms with van der Waals surface area (Å²) in [6, 6.07) is 3.73. The van der Waals surface area contributed by atoms with E-state index in [9.17, 15) is 4.79 Å². The first kappa shape index (κ1) is 13.8. The highest BCUT2D eigenvalue weighted by atomic mass is 32.1. The minimum Gasteiger partial charge on any atom is -0.494 e. The summed E-state index contributed by atoms with van der Waals surface area (Å²) >= 11 is 2.83. The van der Waals surface area contributed by atoms with Gasteiger partial charge in [0.15, 0.2) is 5.13 Å². The Morgan fingerprint density at radius 3 is 2.81 bits per heavy atom. The maximum absolute atomic E-state index is 10.8. The quantitative estimate of drug-likeness (QED) is 0.766. The molecule has 0 saturated carbocycles. The average molecular weight is 321 g/mol.